The number of nitrogens with zero attached hydrogens (tertiary/aromatic N) is 2. The summed E-state index contributed by atoms with van der Waals surface area (Å²) in [6.07, 6.45) is 1.88. The highest BCUT2D eigenvalue weighted by molar-refractivity contribution is 5.15. The number of morpholine rings is 1. The fourth-order valence-corrected chi connectivity index (χ4v) is 1.72. The summed E-state index contributed by atoms with van der Waals surface area (Å²) in [7, 11) is 0. The maximum absolute atomic E-state index is 5.31. The standard InChI is InChI=1S/C11H16N2O.C2H6/c1-10-8-11(2-3-12-10)9-13-4-6-14-7-5-13;1-2/h2-3,8H,4-7,9H2,1H3;1-2H3. The predicted octanol–water partition coefficient (Wildman–Crippen LogP) is 2.25. The molecule has 1 aliphatic rings. The van der Waals surface area contributed by atoms with Crippen LogP contribution in [0.2, 0.25) is 0 Å². The largest absolute Gasteiger partial charge is 0.379 e. The van der Waals surface area contributed by atoms with E-state index < -0.39 is 0 Å². The molecule has 0 atom stereocenters. The maximum Gasteiger partial charge on any atom is 0.0594 e. The van der Waals surface area contributed by atoms with Crippen molar-refractivity contribution in [2.45, 2.75) is 27.3 Å². The van der Waals surface area contributed by atoms with E-state index in [-0.39, 0.29) is 0 Å². The second kappa shape index (κ2) is 7.36. The maximum atomic E-state index is 5.31. The van der Waals surface area contributed by atoms with Crippen LogP contribution in [0.25, 0.3) is 0 Å². The second-order valence-electron chi connectivity index (χ2n) is 3.69. The lowest BCUT2D eigenvalue weighted by molar-refractivity contribution is 0.0342. The van der Waals surface area contributed by atoms with Gasteiger partial charge in [-0.3, -0.25) is 9.88 Å². The van der Waals surface area contributed by atoms with Crippen molar-refractivity contribution in [3.63, 3.8) is 0 Å². The summed E-state index contributed by atoms with van der Waals surface area (Å²) in [5.74, 6) is 0. The zero-order valence-corrected chi connectivity index (χ0v) is 10.6. The molecule has 16 heavy (non-hydrogen) atoms. The Morgan fingerprint density at radius 3 is 2.62 bits per heavy atom. The van der Waals surface area contributed by atoms with Crippen LogP contribution in [0, 0.1) is 6.92 Å². The third-order valence-corrected chi connectivity index (χ3v) is 2.47. The van der Waals surface area contributed by atoms with Gasteiger partial charge in [0.25, 0.3) is 0 Å². The molecule has 0 radical (unpaired) electrons. The van der Waals surface area contributed by atoms with Gasteiger partial charge in [0.2, 0.25) is 0 Å². The van der Waals surface area contributed by atoms with Gasteiger partial charge in [-0.2, -0.15) is 0 Å². The van der Waals surface area contributed by atoms with E-state index in [0.717, 1.165) is 38.5 Å². The quantitative estimate of drug-likeness (QED) is 0.767. The Labute approximate surface area is 98.4 Å². The molecule has 1 saturated heterocycles. The molecule has 1 aromatic heterocycles. The smallest absolute Gasteiger partial charge is 0.0594 e. The molecule has 2 rings (SSSR count). The molecule has 0 unspecified atom stereocenters. The molecule has 0 aromatic carbocycles. The summed E-state index contributed by atoms with van der Waals surface area (Å²) in [6, 6.07) is 4.23. The molecule has 0 amide bonds. The van der Waals surface area contributed by atoms with Crippen LogP contribution in [-0.2, 0) is 11.3 Å². The zero-order chi connectivity index (χ0) is 11.8. The first kappa shape index (κ1) is 13.1. The molecule has 1 aliphatic heterocycles. The molecular formula is C13H22N2O. The molecule has 0 N–H and O–H groups in total. The number of aromatic nitrogens is 1. The first-order valence-electron chi connectivity index (χ1n) is 6.06. The van der Waals surface area contributed by atoms with E-state index in [1.54, 1.807) is 0 Å². The van der Waals surface area contributed by atoms with E-state index in [4.69, 9.17) is 4.74 Å². The molecular weight excluding hydrogens is 200 g/mol. The van der Waals surface area contributed by atoms with Crippen LogP contribution in [-0.4, -0.2) is 36.2 Å². The lowest BCUT2D eigenvalue weighted by Gasteiger charge is -2.26. The van der Waals surface area contributed by atoms with Crippen molar-refractivity contribution >= 4 is 0 Å². The minimum atomic E-state index is 0.865. The Morgan fingerprint density at radius 2 is 2.00 bits per heavy atom. The highest BCUT2D eigenvalue weighted by Gasteiger charge is 2.10. The fraction of sp³-hybridized carbons (Fsp3) is 0.615. The van der Waals surface area contributed by atoms with E-state index in [9.17, 15) is 0 Å². The third kappa shape index (κ3) is 4.29. The van der Waals surface area contributed by atoms with Gasteiger partial charge in [-0.25, -0.2) is 0 Å². The van der Waals surface area contributed by atoms with Gasteiger partial charge in [-0.15, -0.1) is 0 Å². The molecule has 0 spiro atoms. The van der Waals surface area contributed by atoms with Crippen LogP contribution in [0.1, 0.15) is 25.1 Å². The first-order chi connectivity index (χ1) is 7.84. The Bertz CT molecular complexity index is 296. The molecule has 0 bridgehead atoms. The number of aryl methyl sites for hydroxylation is 1. The van der Waals surface area contributed by atoms with Gasteiger partial charge >= 0.3 is 0 Å². The average Bonchev–Trinajstić information content (AvgIpc) is 2.33. The minimum Gasteiger partial charge on any atom is -0.379 e. The van der Waals surface area contributed by atoms with Crippen LogP contribution < -0.4 is 0 Å². The number of rotatable bonds is 2. The van der Waals surface area contributed by atoms with E-state index in [1.807, 2.05) is 27.0 Å². The van der Waals surface area contributed by atoms with Gasteiger partial charge in [0.15, 0.2) is 0 Å². The summed E-state index contributed by atoms with van der Waals surface area (Å²) in [5, 5.41) is 0. The van der Waals surface area contributed by atoms with Crippen LogP contribution in [0.3, 0.4) is 0 Å². The van der Waals surface area contributed by atoms with Crippen LogP contribution in [0.4, 0.5) is 0 Å². The molecule has 3 heteroatoms. The van der Waals surface area contributed by atoms with Gasteiger partial charge < -0.3 is 4.74 Å². The molecule has 1 aromatic rings. The normalized spacial score (nSPS) is 16.4. The highest BCUT2D eigenvalue weighted by Crippen LogP contribution is 2.07. The van der Waals surface area contributed by atoms with Crippen LogP contribution in [0.15, 0.2) is 18.3 Å². The van der Waals surface area contributed by atoms with Gasteiger partial charge in [0.05, 0.1) is 13.2 Å². The van der Waals surface area contributed by atoms with Crippen molar-refractivity contribution in [1.82, 2.24) is 9.88 Å². The molecule has 0 aliphatic carbocycles. The molecule has 3 nitrogen and oxygen atoms in total. The zero-order valence-electron chi connectivity index (χ0n) is 10.6. The summed E-state index contributed by atoms with van der Waals surface area (Å²) in [5.41, 5.74) is 2.44. The van der Waals surface area contributed by atoms with Gasteiger partial charge in [-0.05, 0) is 24.6 Å². The van der Waals surface area contributed by atoms with Crippen LogP contribution >= 0.6 is 0 Å². The SMILES string of the molecule is CC.Cc1cc(CN2CCOCC2)ccn1. The first-order valence-corrected chi connectivity index (χ1v) is 6.06. The van der Waals surface area contributed by atoms with Crippen LogP contribution in [0.5, 0.6) is 0 Å². The van der Waals surface area contributed by atoms with Crippen molar-refractivity contribution in [2.24, 2.45) is 0 Å². The Balaban J connectivity index is 0.000000606. The Kier molecular flexibility index (Phi) is 6.04. The lowest BCUT2D eigenvalue weighted by Crippen LogP contribution is -2.35. The predicted molar refractivity (Wildman–Crippen MR) is 66.4 cm³/mol. The highest BCUT2D eigenvalue weighted by atomic mass is 16.5. The lowest BCUT2D eigenvalue weighted by atomic mass is 10.2. The van der Waals surface area contributed by atoms with E-state index in [1.165, 1.54) is 5.56 Å². The fourth-order valence-electron chi connectivity index (χ4n) is 1.72. The second-order valence-corrected chi connectivity index (χ2v) is 3.69. The summed E-state index contributed by atoms with van der Waals surface area (Å²) >= 11 is 0. The van der Waals surface area contributed by atoms with E-state index >= 15 is 0 Å². The molecule has 2 heterocycles. The number of hydrogen-bond acceptors (Lipinski definition) is 3. The Hall–Kier alpha value is -0.930. The van der Waals surface area contributed by atoms with Gasteiger partial charge in [0, 0.05) is 31.5 Å². The molecule has 90 valence electrons. The summed E-state index contributed by atoms with van der Waals surface area (Å²) < 4.78 is 5.31. The summed E-state index contributed by atoms with van der Waals surface area (Å²) in [4.78, 5) is 6.60. The van der Waals surface area contributed by atoms with E-state index in [0.29, 0.717) is 0 Å². The molecule has 1 fully saturated rings. The van der Waals surface area contributed by atoms with Crippen molar-refractivity contribution in [2.75, 3.05) is 26.3 Å². The molecule has 0 saturated carbocycles. The summed E-state index contributed by atoms with van der Waals surface area (Å²) in [6.45, 7) is 10.9. The van der Waals surface area contributed by atoms with Crippen molar-refractivity contribution in [3.05, 3.63) is 29.6 Å². The van der Waals surface area contributed by atoms with E-state index in [2.05, 4.69) is 22.0 Å². The Morgan fingerprint density at radius 1 is 1.31 bits per heavy atom. The van der Waals surface area contributed by atoms with Gasteiger partial charge in [0.1, 0.15) is 0 Å². The minimum absolute atomic E-state index is 0.865. The van der Waals surface area contributed by atoms with Crippen molar-refractivity contribution in [1.29, 1.82) is 0 Å². The third-order valence-electron chi connectivity index (χ3n) is 2.47. The monoisotopic (exact) mass is 222 g/mol. The van der Waals surface area contributed by atoms with Crippen molar-refractivity contribution in [3.8, 4) is 0 Å². The van der Waals surface area contributed by atoms with Gasteiger partial charge in [-0.1, -0.05) is 13.8 Å². The van der Waals surface area contributed by atoms with Crippen molar-refractivity contribution < 1.29 is 4.74 Å². The number of pyridine rings is 1. The number of ether oxygens (including phenoxy) is 1. The average molecular weight is 222 g/mol. The topological polar surface area (TPSA) is 25.4 Å². The number of hydrogen-bond donors (Lipinski definition) is 0.